The third kappa shape index (κ3) is 5.75. The lowest BCUT2D eigenvalue weighted by Crippen LogP contribution is -2.38. The van der Waals surface area contributed by atoms with Gasteiger partial charge in [0.2, 0.25) is 0 Å². The van der Waals surface area contributed by atoms with Crippen molar-refractivity contribution in [2.24, 2.45) is 0 Å². The van der Waals surface area contributed by atoms with E-state index in [1.807, 2.05) is 31.2 Å². The predicted molar refractivity (Wildman–Crippen MR) is 75.2 cm³/mol. The summed E-state index contributed by atoms with van der Waals surface area (Å²) >= 11 is 0. The Bertz CT molecular complexity index is 375. The molecule has 0 saturated heterocycles. The Morgan fingerprint density at radius 2 is 2.00 bits per heavy atom. The molecule has 1 unspecified atom stereocenters. The van der Waals surface area contributed by atoms with Crippen LogP contribution in [0.2, 0.25) is 0 Å². The van der Waals surface area contributed by atoms with Crippen LogP contribution in [0.15, 0.2) is 24.3 Å². The van der Waals surface area contributed by atoms with Gasteiger partial charge in [0, 0.05) is 12.6 Å². The Morgan fingerprint density at radius 1 is 1.32 bits per heavy atom. The molecule has 0 aliphatic heterocycles. The second kappa shape index (κ2) is 8.53. The zero-order valence-electron chi connectivity index (χ0n) is 11.7. The van der Waals surface area contributed by atoms with Crippen molar-refractivity contribution in [3.63, 3.8) is 0 Å². The van der Waals surface area contributed by atoms with Crippen molar-refractivity contribution in [3.8, 4) is 5.75 Å². The number of aliphatic hydroxyl groups excluding tert-OH is 1. The first-order valence-corrected chi connectivity index (χ1v) is 6.81. The van der Waals surface area contributed by atoms with E-state index in [4.69, 9.17) is 9.84 Å². The fourth-order valence-corrected chi connectivity index (χ4v) is 1.77. The SMILES string of the molecule is CCc1ccc(OCC(=O)NC(CC)CCO)cc1. The number of hydrogen-bond acceptors (Lipinski definition) is 3. The van der Waals surface area contributed by atoms with Gasteiger partial charge in [0.15, 0.2) is 6.61 Å². The molecule has 0 radical (unpaired) electrons. The lowest BCUT2D eigenvalue weighted by atomic mass is 10.1. The maximum atomic E-state index is 11.7. The third-order valence-electron chi connectivity index (χ3n) is 3.04. The number of carbonyl (C=O) groups excluding carboxylic acids is 1. The van der Waals surface area contributed by atoms with E-state index in [9.17, 15) is 4.79 Å². The summed E-state index contributed by atoms with van der Waals surface area (Å²) in [5.41, 5.74) is 1.24. The zero-order chi connectivity index (χ0) is 14.1. The van der Waals surface area contributed by atoms with Crippen molar-refractivity contribution in [3.05, 3.63) is 29.8 Å². The molecule has 1 rings (SSSR count). The summed E-state index contributed by atoms with van der Waals surface area (Å²) in [5, 5.41) is 11.7. The molecule has 0 heterocycles. The molecular weight excluding hydrogens is 242 g/mol. The molecule has 0 aromatic heterocycles. The summed E-state index contributed by atoms with van der Waals surface area (Å²) in [6.45, 7) is 4.16. The number of nitrogens with one attached hydrogen (secondary N) is 1. The molecule has 1 aromatic rings. The van der Waals surface area contributed by atoms with E-state index >= 15 is 0 Å². The van der Waals surface area contributed by atoms with E-state index < -0.39 is 0 Å². The van der Waals surface area contributed by atoms with Crippen LogP contribution in [0.1, 0.15) is 32.3 Å². The highest BCUT2D eigenvalue weighted by Gasteiger charge is 2.10. The van der Waals surface area contributed by atoms with Gasteiger partial charge < -0.3 is 15.2 Å². The van der Waals surface area contributed by atoms with E-state index in [0.29, 0.717) is 12.2 Å². The molecule has 0 fully saturated rings. The van der Waals surface area contributed by atoms with Gasteiger partial charge in [-0.25, -0.2) is 0 Å². The fourth-order valence-electron chi connectivity index (χ4n) is 1.77. The summed E-state index contributed by atoms with van der Waals surface area (Å²) in [6.07, 6.45) is 2.37. The minimum absolute atomic E-state index is 0.00734. The lowest BCUT2D eigenvalue weighted by molar-refractivity contribution is -0.123. The van der Waals surface area contributed by atoms with Gasteiger partial charge in [-0.2, -0.15) is 0 Å². The van der Waals surface area contributed by atoms with Crippen LogP contribution in [0.3, 0.4) is 0 Å². The molecular formula is C15H23NO3. The first kappa shape index (κ1) is 15.5. The number of aliphatic hydroxyl groups is 1. The summed E-state index contributed by atoms with van der Waals surface area (Å²) in [5.74, 6) is 0.544. The molecule has 0 saturated carbocycles. The first-order chi connectivity index (χ1) is 9.19. The number of hydrogen-bond donors (Lipinski definition) is 2. The Kier molecular flexibility index (Phi) is 6.97. The van der Waals surface area contributed by atoms with Crippen LogP contribution >= 0.6 is 0 Å². The molecule has 0 bridgehead atoms. The maximum absolute atomic E-state index is 11.7. The van der Waals surface area contributed by atoms with Crippen LogP contribution in [0.5, 0.6) is 5.75 Å². The quantitative estimate of drug-likeness (QED) is 0.755. The number of aryl methyl sites for hydroxylation is 1. The number of amides is 1. The molecule has 19 heavy (non-hydrogen) atoms. The van der Waals surface area contributed by atoms with Crippen molar-refractivity contribution in [2.45, 2.75) is 39.2 Å². The van der Waals surface area contributed by atoms with Crippen molar-refractivity contribution >= 4 is 5.91 Å². The van der Waals surface area contributed by atoms with Gasteiger partial charge in [0.05, 0.1) is 0 Å². The van der Waals surface area contributed by atoms with Gasteiger partial charge in [0.1, 0.15) is 5.75 Å². The molecule has 106 valence electrons. The second-order valence-electron chi connectivity index (χ2n) is 4.47. The highest BCUT2D eigenvalue weighted by molar-refractivity contribution is 5.77. The monoisotopic (exact) mass is 265 g/mol. The molecule has 4 heteroatoms. The van der Waals surface area contributed by atoms with Gasteiger partial charge >= 0.3 is 0 Å². The minimum atomic E-state index is -0.153. The van der Waals surface area contributed by atoms with Crippen molar-refractivity contribution < 1.29 is 14.6 Å². The summed E-state index contributed by atoms with van der Waals surface area (Å²) in [7, 11) is 0. The molecule has 1 atom stereocenters. The van der Waals surface area contributed by atoms with E-state index in [-0.39, 0.29) is 25.2 Å². The third-order valence-corrected chi connectivity index (χ3v) is 3.04. The number of ether oxygens (including phenoxy) is 1. The molecule has 0 aliphatic rings. The standard InChI is InChI=1S/C15H23NO3/c1-3-12-5-7-14(8-6-12)19-11-15(18)16-13(4-2)9-10-17/h5-8,13,17H,3-4,9-11H2,1-2H3,(H,16,18). The van der Waals surface area contributed by atoms with Crippen LogP contribution in [-0.2, 0) is 11.2 Å². The fraction of sp³-hybridized carbons (Fsp3) is 0.533. The molecule has 0 spiro atoms. The van der Waals surface area contributed by atoms with Crippen LogP contribution < -0.4 is 10.1 Å². The van der Waals surface area contributed by atoms with Gasteiger partial charge in [-0.15, -0.1) is 0 Å². The zero-order valence-corrected chi connectivity index (χ0v) is 11.7. The summed E-state index contributed by atoms with van der Waals surface area (Å²) < 4.78 is 5.42. The summed E-state index contributed by atoms with van der Waals surface area (Å²) in [4.78, 5) is 11.7. The normalized spacial score (nSPS) is 11.9. The van der Waals surface area contributed by atoms with E-state index in [0.717, 1.165) is 12.8 Å². The maximum Gasteiger partial charge on any atom is 0.258 e. The average molecular weight is 265 g/mol. The van der Waals surface area contributed by atoms with Crippen LogP contribution in [0.25, 0.3) is 0 Å². The number of benzene rings is 1. The minimum Gasteiger partial charge on any atom is -0.484 e. The number of rotatable bonds is 8. The Balaban J connectivity index is 2.36. The number of carbonyl (C=O) groups is 1. The largest absolute Gasteiger partial charge is 0.484 e. The first-order valence-electron chi connectivity index (χ1n) is 6.81. The van der Waals surface area contributed by atoms with E-state index in [1.54, 1.807) is 0 Å². The Hall–Kier alpha value is -1.55. The van der Waals surface area contributed by atoms with Crippen LogP contribution in [-0.4, -0.2) is 30.3 Å². The Morgan fingerprint density at radius 3 is 2.53 bits per heavy atom. The van der Waals surface area contributed by atoms with Gasteiger partial charge in [-0.3, -0.25) is 4.79 Å². The van der Waals surface area contributed by atoms with E-state index in [2.05, 4.69) is 12.2 Å². The van der Waals surface area contributed by atoms with Crippen LogP contribution in [0, 0.1) is 0 Å². The topological polar surface area (TPSA) is 58.6 Å². The highest BCUT2D eigenvalue weighted by Crippen LogP contribution is 2.12. The molecule has 1 aromatic carbocycles. The van der Waals surface area contributed by atoms with Gasteiger partial charge in [-0.05, 0) is 37.0 Å². The highest BCUT2D eigenvalue weighted by atomic mass is 16.5. The molecule has 1 amide bonds. The molecule has 4 nitrogen and oxygen atoms in total. The Labute approximate surface area is 114 Å². The average Bonchev–Trinajstić information content (AvgIpc) is 2.45. The van der Waals surface area contributed by atoms with Crippen LogP contribution in [0.4, 0.5) is 0 Å². The van der Waals surface area contributed by atoms with Gasteiger partial charge in [-0.1, -0.05) is 26.0 Å². The van der Waals surface area contributed by atoms with Crippen molar-refractivity contribution in [1.82, 2.24) is 5.32 Å². The van der Waals surface area contributed by atoms with Gasteiger partial charge in [0.25, 0.3) is 5.91 Å². The summed E-state index contributed by atoms with van der Waals surface area (Å²) in [6, 6.07) is 7.75. The second-order valence-corrected chi connectivity index (χ2v) is 4.47. The van der Waals surface area contributed by atoms with Crippen molar-refractivity contribution in [1.29, 1.82) is 0 Å². The lowest BCUT2D eigenvalue weighted by Gasteiger charge is -2.15. The molecule has 2 N–H and O–H groups in total. The smallest absolute Gasteiger partial charge is 0.258 e. The molecule has 0 aliphatic carbocycles. The predicted octanol–water partition coefficient (Wildman–Crippen LogP) is 1.90. The van der Waals surface area contributed by atoms with Crippen molar-refractivity contribution in [2.75, 3.05) is 13.2 Å². The van der Waals surface area contributed by atoms with E-state index in [1.165, 1.54) is 5.56 Å².